The fourth-order valence-corrected chi connectivity index (χ4v) is 4.31. The molecule has 4 rings (SSSR count). The van der Waals surface area contributed by atoms with Crippen LogP contribution in [0.5, 0.6) is 0 Å². The second kappa shape index (κ2) is 11.3. The van der Waals surface area contributed by atoms with Crippen molar-refractivity contribution in [1.29, 1.82) is 0 Å². The van der Waals surface area contributed by atoms with Gasteiger partial charge >= 0.3 is 11.9 Å². The molecule has 0 N–H and O–H groups in total. The maximum absolute atomic E-state index is 13.6. The van der Waals surface area contributed by atoms with Crippen LogP contribution in [-0.2, 0) is 37.7 Å². The highest BCUT2D eigenvalue weighted by atomic mass is 16.5. The lowest BCUT2D eigenvalue weighted by molar-refractivity contribution is -0.151. The van der Waals surface area contributed by atoms with Gasteiger partial charge in [-0.2, -0.15) is 0 Å². The first-order chi connectivity index (χ1) is 16.7. The molecule has 3 aromatic carbocycles. The number of hydrogen-bond donors (Lipinski definition) is 0. The Morgan fingerprint density at radius 3 is 1.94 bits per heavy atom. The first kappa shape index (κ1) is 23.2. The zero-order valence-electron chi connectivity index (χ0n) is 19.1. The Balaban J connectivity index is 1.56. The van der Waals surface area contributed by atoms with Crippen molar-refractivity contribution in [2.24, 2.45) is 0 Å². The third-order valence-electron chi connectivity index (χ3n) is 6.06. The summed E-state index contributed by atoms with van der Waals surface area (Å²) in [6.45, 7) is 0.399. The lowest BCUT2D eigenvalue weighted by Crippen LogP contribution is -2.40. The maximum Gasteiger partial charge on any atom is 0.331 e. The smallest absolute Gasteiger partial charge is 0.331 e. The van der Waals surface area contributed by atoms with Crippen molar-refractivity contribution in [3.63, 3.8) is 0 Å². The minimum Gasteiger partial charge on any atom is -0.460 e. The van der Waals surface area contributed by atoms with Crippen molar-refractivity contribution in [1.82, 2.24) is 0 Å². The van der Waals surface area contributed by atoms with E-state index in [1.54, 1.807) is 6.08 Å². The van der Waals surface area contributed by atoms with Gasteiger partial charge in [0.25, 0.3) is 0 Å². The molecule has 1 atom stereocenters. The van der Waals surface area contributed by atoms with E-state index in [9.17, 15) is 9.59 Å². The Bertz CT molecular complexity index is 1150. The molecule has 0 spiro atoms. The van der Waals surface area contributed by atoms with Crippen molar-refractivity contribution in [2.75, 3.05) is 0 Å². The summed E-state index contributed by atoms with van der Waals surface area (Å²) in [6, 6.07) is 28.8. The zero-order valence-corrected chi connectivity index (χ0v) is 19.1. The number of hydrogen-bond acceptors (Lipinski definition) is 4. The fraction of sp³-hybridized carbons (Fsp3) is 0.200. The first-order valence-corrected chi connectivity index (χ1v) is 11.5. The molecule has 0 fully saturated rings. The lowest BCUT2D eigenvalue weighted by Gasteiger charge is -2.36. The SMILES string of the molecule is O=C(/C=C/C1=CCCCC1(C(=O)OCc1ccccc1)c1ccccc1)OCc1ccccc1. The van der Waals surface area contributed by atoms with E-state index in [-0.39, 0.29) is 19.2 Å². The van der Waals surface area contributed by atoms with Gasteiger partial charge in [0.2, 0.25) is 0 Å². The van der Waals surface area contributed by atoms with Gasteiger partial charge in [0.05, 0.1) is 0 Å². The molecule has 0 saturated heterocycles. The number of carbonyl (C=O) groups excluding carboxylic acids is 2. The molecule has 0 amide bonds. The van der Waals surface area contributed by atoms with Gasteiger partial charge in [-0.3, -0.25) is 4.79 Å². The van der Waals surface area contributed by atoms with Gasteiger partial charge in [-0.15, -0.1) is 0 Å². The Morgan fingerprint density at radius 2 is 1.32 bits per heavy atom. The molecule has 3 aromatic rings. The molecule has 4 heteroatoms. The van der Waals surface area contributed by atoms with Crippen LogP contribution in [-0.4, -0.2) is 11.9 Å². The number of ether oxygens (including phenoxy) is 2. The lowest BCUT2D eigenvalue weighted by atomic mass is 9.67. The third-order valence-corrected chi connectivity index (χ3v) is 6.06. The van der Waals surface area contributed by atoms with Crippen LogP contribution in [0, 0.1) is 0 Å². The van der Waals surface area contributed by atoms with E-state index < -0.39 is 11.4 Å². The van der Waals surface area contributed by atoms with E-state index in [4.69, 9.17) is 9.47 Å². The summed E-state index contributed by atoms with van der Waals surface area (Å²) >= 11 is 0. The number of benzene rings is 3. The highest BCUT2D eigenvalue weighted by Crippen LogP contribution is 2.42. The number of carbonyl (C=O) groups is 2. The zero-order chi connectivity index (χ0) is 23.6. The average Bonchev–Trinajstić information content (AvgIpc) is 2.91. The number of allylic oxidation sites excluding steroid dienone is 2. The average molecular weight is 453 g/mol. The van der Waals surface area contributed by atoms with Crippen LogP contribution in [0.4, 0.5) is 0 Å². The van der Waals surface area contributed by atoms with Crippen LogP contribution in [0.1, 0.15) is 36.0 Å². The van der Waals surface area contributed by atoms with Crippen LogP contribution in [0.15, 0.2) is 115 Å². The molecule has 1 aliphatic carbocycles. The van der Waals surface area contributed by atoms with Gasteiger partial charge in [-0.05, 0) is 41.5 Å². The van der Waals surface area contributed by atoms with Crippen molar-refractivity contribution < 1.29 is 19.1 Å². The van der Waals surface area contributed by atoms with Crippen molar-refractivity contribution in [2.45, 2.75) is 37.9 Å². The summed E-state index contributed by atoms with van der Waals surface area (Å²) in [4.78, 5) is 26.1. The minimum atomic E-state index is -0.968. The Kier molecular flexibility index (Phi) is 7.71. The van der Waals surface area contributed by atoms with Crippen LogP contribution in [0.25, 0.3) is 0 Å². The maximum atomic E-state index is 13.6. The van der Waals surface area contributed by atoms with E-state index in [0.717, 1.165) is 35.1 Å². The molecule has 0 aliphatic heterocycles. The molecule has 0 radical (unpaired) electrons. The highest BCUT2D eigenvalue weighted by Gasteiger charge is 2.45. The molecule has 0 heterocycles. The van der Waals surface area contributed by atoms with Crippen molar-refractivity contribution in [3.05, 3.63) is 131 Å². The normalized spacial score (nSPS) is 17.7. The van der Waals surface area contributed by atoms with Gasteiger partial charge in [0.15, 0.2) is 0 Å². The van der Waals surface area contributed by atoms with E-state index in [1.807, 2.05) is 97.1 Å². The minimum absolute atomic E-state index is 0.199. The molecule has 4 nitrogen and oxygen atoms in total. The largest absolute Gasteiger partial charge is 0.460 e. The van der Waals surface area contributed by atoms with E-state index >= 15 is 0 Å². The monoisotopic (exact) mass is 452 g/mol. The van der Waals surface area contributed by atoms with E-state index in [2.05, 4.69) is 0 Å². The van der Waals surface area contributed by atoms with Gasteiger partial charge < -0.3 is 9.47 Å². The van der Waals surface area contributed by atoms with Crippen molar-refractivity contribution >= 4 is 11.9 Å². The number of rotatable bonds is 8. The van der Waals surface area contributed by atoms with E-state index in [1.165, 1.54) is 6.08 Å². The fourth-order valence-electron chi connectivity index (χ4n) is 4.31. The molecule has 172 valence electrons. The van der Waals surface area contributed by atoms with Crippen LogP contribution >= 0.6 is 0 Å². The Hall–Kier alpha value is -3.92. The van der Waals surface area contributed by atoms with Gasteiger partial charge in [-0.25, -0.2) is 4.79 Å². The summed E-state index contributed by atoms with van der Waals surface area (Å²) in [5, 5.41) is 0. The molecule has 0 saturated carbocycles. The predicted molar refractivity (Wildman–Crippen MR) is 132 cm³/mol. The van der Waals surface area contributed by atoms with Gasteiger partial charge in [0, 0.05) is 6.08 Å². The topological polar surface area (TPSA) is 52.6 Å². The standard InChI is InChI=1S/C30H28O4/c31-28(33-22-24-12-4-1-5-13-24)20-19-27-18-10-11-21-30(27,26-16-8-3-9-17-26)29(32)34-23-25-14-6-2-7-15-25/h1-9,12-20H,10-11,21-23H2/b20-19+. The predicted octanol–water partition coefficient (Wildman–Crippen LogP) is 6.08. The summed E-state index contributed by atoms with van der Waals surface area (Å²) in [5.41, 5.74) is 2.51. The molecule has 0 bridgehead atoms. The van der Waals surface area contributed by atoms with Crippen LogP contribution in [0.2, 0.25) is 0 Å². The quantitative estimate of drug-likeness (QED) is 0.307. The molecular weight excluding hydrogens is 424 g/mol. The second-order valence-corrected chi connectivity index (χ2v) is 8.31. The summed E-state index contributed by atoms with van der Waals surface area (Å²) in [6.07, 6.45) is 7.44. The van der Waals surface area contributed by atoms with Crippen molar-refractivity contribution in [3.8, 4) is 0 Å². The highest BCUT2D eigenvalue weighted by molar-refractivity contribution is 5.90. The summed E-state index contributed by atoms with van der Waals surface area (Å²) in [7, 11) is 0. The van der Waals surface area contributed by atoms with Gasteiger partial charge in [0.1, 0.15) is 18.6 Å². The second-order valence-electron chi connectivity index (χ2n) is 8.31. The molecule has 1 aliphatic rings. The Labute approximate surface area is 200 Å². The van der Waals surface area contributed by atoms with Crippen LogP contribution in [0.3, 0.4) is 0 Å². The summed E-state index contributed by atoms with van der Waals surface area (Å²) in [5.74, 6) is -0.759. The molecule has 0 aromatic heterocycles. The van der Waals surface area contributed by atoms with E-state index in [0.29, 0.717) is 6.42 Å². The summed E-state index contributed by atoms with van der Waals surface area (Å²) < 4.78 is 11.2. The Morgan fingerprint density at radius 1 is 0.765 bits per heavy atom. The third kappa shape index (κ3) is 5.52. The first-order valence-electron chi connectivity index (χ1n) is 11.5. The van der Waals surface area contributed by atoms with Crippen LogP contribution < -0.4 is 0 Å². The number of esters is 2. The molecule has 1 unspecified atom stereocenters. The molecule has 34 heavy (non-hydrogen) atoms. The molecular formula is C30H28O4. The van der Waals surface area contributed by atoms with Gasteiger partial charge in [-0.1, -0.05) is 103 Å².